The van der Waals surface area contributed by atoms with Gasteiger partial charge in [0.25, 0.3) is 5.69 Å². The minimum Gasteiger partial charge on any atom is -0.340 e. The topological polar surface area (TPSA) is 101 Å². The molecule has 2 aliphatic rings. The second-order valence-electron chi connectivity index (χ2n) is 6.92. The van der Waals surface area contributed by atoms with Gasteiger partial charge >= 0.3 is 0 Å². The Bertz CT molecular complexity index is 873. The molecule has 0 spiro atoms. The molecule has 1 unspecified atom stereocenters. The minimum absolute atomic E-state index is 0.0165. The van der Waals surface area contributed by atoms with Gasteiger partial charge in [-0.25, -0.2) is 8.42 Å². The van der Waals surface area contributed by atoms with Crippen molar-refractivity contribution in [2.75, 3.05) is 26.2 Å². The molecule has 1 saturated heterocycles. The molecule has 8 nitrogen and oxygen atoms in total. The molecule has 1 aromatic rings. The van der Waals surface area contributed by atoms with E-state index in [1.165, 1.54) is 16.4 Å². The zero-order valence-corrected chi connectivity index (χ0v) is 16.0. The predicted molar refractivity (Wildman–Crippen MR) is 99.7 cm³/mol. The number of non-ortho nitro benzene ring substituents is 1. The Kier molecular flexibility index (Phi) is 5.61. The number of nitro groups is 1. The van der Waals surface area contributed by atoms with Gasteiger partial charge in [-0.15, -0.1) is 0 Å². The lowest BCUT2D eigenvalue weighted by atomic mass is 9.93. The number of piperazine rings is 1. The Hall–Kier alpha value is -2.26. The van der Waals surface area contributed by atoms with Crippen LogP contribution in [-0.2, 0) is 14.8 Å². The molecule has 1 atom stereocenters. The number of hydrogen-bond acceptors (Lipinski definition) is 5. The van der Waals surface area contributed by atoms with Crippen molar-refractivity contribution in [2.45, 2.75) is 31.1 Å². The summed E-state index contributed by atoms with van der Waals surface area (Å²) in [4.78, 5) is 24.7. The standard InChI is InChI=1S/C18H23N3O5S/c1-14-7-8-16(21(23)24)13-17(14)27(25,26)20-11-9-19(10-12-20)18(22)15-5-3-2-4-6-15/h2-3,7-8,13,15H,4-6,9-12H2,1H3. The summed E-state index contributed by atoms with van der Waals surface area (Å²) in [5.41, 5.74) is 0.214. The number of sulfonamides is 1. The molecule has 1 aliphatic carbocycles. The molecular formula is C18H23N3O5S. The highest BCUT2D eigenvalue weighted by Gasteiger charge is 2.33. The fourth-order valence-corrected chi connectivity index (χ4v) is 5.21. The quantitative estimate of drug-likeness (QED) is 0.443. The van der Waals surface area contributed by atoms with Crippen LogP contribution in [0.3, 0.4) is 0 Å². The summed E-state index contributed by atoms with van der Waals surface area (Å²) >= 11 is 0. The van der Waals surface area contributed by atoms with E-state index in [9.17, 15) is 23.3 Å². The van der Waals surface area contributed by atoms with Crippen molar-refractivity contribution in [3.8, 4) is 0 Å². The Labute approximate surface area is 158 Å². The van der Waals surface area contributed by atoms with Crippen molar-refractivity contribution >= 4 is 21.6 Å². The van der Waals surface area contributed by atoms with Gasteiger partial charge < -0.3 is 4.90 Å². The molecule has 1 heterocycles. The predicted octanol–water partition coefficient (Wildman–Crippen LogP) is 2.09. The zero-order chi connectivity index (χ0) is 19.6. The van der Waals surface area contributed by atoms with Crippen molar-refractivity contribution in [3.05, 3.63) is 46.0 Å². The number of hydrogen-bond donors (Lipinski definition) is 0. The van der Waals surface area contributed by atoms with Crippen molar-refractivity contribution in [1.29, 1.82) is 0 Å². The van der Waals surface area contributed by atoms with Gasteiger partial charge in [-0.2, -0.15) is 4.31 Å². The largest absolute Gasteiger partial charge is 0.340 e. The average molecular weight is 393 g/mol. The van der Waals surface area contributed by atoms with Crippen molar-refractivity contribution in [3.63, 3.8) is 0 Å². The summed E-state index contributed by atoms with van der Waals surface area (Å²) in [5, 5.41) is 11.0. The molecule has 0 aromatic heterocycles. The number of carbonyl (C=O) groups is 1. The lowest BCUT2D eigenvalue weighted by Gasteiger charge is -2.36. The minimum atomic E-state index is -3.84. The summed E-state index contributed by atoms with van der Waals surface area (Å²) in [6, 6.07) is 3.85. The van der Waals surface area contributed by atoms with E-state index >= 15 is 0 Å². The molecule has 0 saturated carbocycles. The smallest absolute Gasteiger partial charge is 0.270 e. The number of nitrogens with zero attached hydrogens (tertiary/aromatic N) is 3. The van der Waals surface area contributed by atoms with Gasteiger partial charge in [0, 0.05) is 44.2 Å². The first-order valence-corrected chi connectivity index (χ1v) is 10.4. The van der Waals surface area contributed by atoms with Crippen molar-refractivity contribution in [2.24, 2.45) is 5.92 Å². The van der Waals surface area contributed by atoms with E-state index in [4.69, 9.17) is 0 Å². The molecule has 1 fully saturated rings. The summed E-state index contributed by atoms with van der Waals surface area (Å²) in [6.45, 7) is 2.68. The summed E-state index contributed by atoms with van der Waals surface area (Å²) in [6.07, 6.45) is 6.58. The summed E-state index contributed by atoms with van der Waals surface area (Å²) in [5.74, 6) is 0.0695. The molecule has 1 amide bonds. The van der Waals surface area contributed by atoms with Crippen LogP contribution in [0.4, 0.5) is 5.69 Å². The highest BCUT2D eigenvalue weighted by molar-refractivity contribution is 7.89. The lowest BCUT2D eigenvalue weighted by molar-refractivity contribution is -0.385. The number of amides is 1. The van der Waals surface area contributed by atoms with E-state index in [0.717, 1.165) is 25.3 Å². The van der Waals surface area contributed by atoms with Gasteiger partial charge in [-0.05, 0) is 31.7 Å². The van der Waals surface area contributed by atoms with Gasteiger partial charge in [0.1, 0.15) is 0 Å². The first-order valence-electron chi connectivity index (χ1n) is 8.99. The van der Waals surface area contributed by atoms with E-state index in [1.54, 1.807) is 11.8 Å². The van der Waals surface area contributed by atoms with Crippen LogP contribution in [0.25, 0.3) is 0 Å². The number of benzene rings is 1. The maximum absolute atomic E-state index is 13.0. The molecule has 1 aromatic carbocycles. The van der Waals surface area contributed by atoms with E-state index in [0.29, 0.717) is 18.7 Å². The molecule has 0 radical (unpaired) electrons. The summed E-state index contributed by atoms with van der Waals surface area (Å²) < 4.78 is 27.2. The number of aryl methyl sites for hydroxylation is 1. The first-order chi connectivity index (χ1) is 12.8. The molecule has 3 rings (SSSR count). The van der Waals surface area contributed by atoms with Gasteiger partial charge in [-0.1, -0.05) is 18.2 Å². The van der Waals surface area contributed by atoms with E-state index in [-0.39, 0.29) is 35.5 Å². The Morgan fingerprint density at radius 2 is 1.89 bits per heavy atom. The average Bonchev–Trinajstić information content (AvgIpc) is 2.68. The van der Waals surface area contributed by atoms with Crippen LogP contribution in [0.1, 0.15) is 24.8 Å². The van der Waals surface area contributed by atoms with Crippen LogP contribution >= 0.6 is 0 Å². The van der Waals surface area contributed by atoms with Crippen molar-refractivity contribution < 1.29 is 18.1 Å². The molecule has 27 heavy (non-hydrogen) atoms. The van der Waals surface area contributed by atoms with Crippen LogP contribution in [-0.4, -0.2) is 54.6 Å². The monoisotopic (exact) mass is 393 g/mol. The van der Waals surface area contributed by atoms with E-state index < -0.39 is 14.9 Å². The second-order valence-corrected chi connectivity index (χ2v) is 8.82. The third-order valence-electron chi connectivity index (χ3n) is 5.17. The molecule has 9 heteroatoms. The SMILES string of the molecule is Cc1ccc([N+](=O)[O-])cc1S(=O)(=O)N1CCN(C(=O)C2CC=CCC2)CC1. The Morgan fingerprint density at radius 3 is 2.48 bits per heavy atom. The van der Waals surface area contributed by atoms with Crippen LogP contribution in [0, 0.1) is 23.0 Å². The van der Waals surface area contributed by atoms with Gasteiger partial charge in [0.05, 0.1) is 9.82 Å². The van der Waals surface area contributed by atoms with Gasteiger partial charge in [-0.3, -0.25) is 14.9 Å². The maximum atomic E-state index is 13.0. The number of allylic oxidation sites excluding steroid dienone is 2. The third-order valence-corrected chi connectivity index (χ3v) is 7.21. The highest BCUT2D eigenvalue weighted by Crippen LogP contribution is 2.26. The second kappa shape index (κ2) is 7.77. The lowest BCUT2D eigenvalue weighted by Crippen LogP contribution is -2.52. The first kappa shape index (κ1) is 19.5. The normalized spacial score (nSPS) is 21.2. The highest BCUT2D eigenvalue weighted by atomic mass is 32.2. The summed E-state index contributed by atoms with van der Waals surface area (Å²) in [7, 11) is -3.84. The van der Waals surface area contributed by atoms with Crippen LogP contribution < -0.4 is 0 Å². The number of nitro benzene ring substituents is 1. The third kappa shape index (κ3) is 4.03. The molecular weight excluding hydrogens is 370 g/mol. The van der Waals surface area contributed by atoms with Crippen LogP contribution in [0.15, 0.2) is 35.2 Å². The Balaban J connectivity index is 1.71. The number of carbonyl (C=O) groups excluding carboxylic acids is 1. The fraction of sp³-hybridized carbons (Fsp3) is 0.500. The Morgan fingerprint density at radius 1 is 1.19 bits per heavy atom. The van der Waals surface area contributed by atoms with E-state index in [2.05, 4.69) is 6.08 Å². The molecule has 0 N–H and O–H groups in total. The van der Waals surface area contributed by atoms with Gasteiger partial charge in [0.15, 0.2) is 0 Å². The van der Waals surface area contributed by atoms with E-state index in [1.807, 2.05) is 6.08 Å². The van der Waals surface area contributed by atoms with Crippen LogP contribution in [0.5, 0.6) is 0 Å². The molecule has 146 valence electrons. The fourth-order valence-electron chi connectivity index (χ4n) is 3.54. The molecule has 0 bridgehead atoms. The zero-order valence-electron chi connectivity index (χ0n) is 15.2. The molecule has 1 aliphatic heterocycles. The van der Waals surface area contributed by atoms with Crippen molar-refractivity contribution in [1.82, 2.24) is 9.21 Å². The van der Waals surface area contributed by atoms with Gasteiger partial charge in [0.2, 0.25) is 15.9 Å². The maximum Gasteiger partial charge on any atom is 0.270 e. The van der Waals surface area contributed by atoms with Crippen LogP contribution in [0.2, 0.25) is 0 Å². The number of rotatable bonds is 4.